The summed E-state index contributed by atoms with van der Waals surface area (Å²) in [7, 11) is -2.08. The van der Waals surface area contributed by atoms with Crippen LogP contribution in [0.25, 0.3) is 10.2 Å². The average Bonchev–Trinajstić information content (AvgIpc) is 3.42. The number of piperidine rings is 1. The second-order valence-corrected chi connectivity index (χ2v) is 12.7. The smallest absolute Gasteiger partial charge is 0.252 e. The Bertz CT molecular complexity index is 1350. The zero-order chi connectivity index (χ0) is 24.3. The Morgan fingerprint density at radius 1 is 1.26 bits per heavy atom. The number of halogens is 1. The lowest BCUT2D eigenvalue weighted by Crippen LogP contribution is -2.42. The minimum Gasteiger partial charge on any atom is -0.497 e. The number of thiazole rings is 1. The van der Waals surface area contributed by atoms with E-state index in [1.807, 2.05) is 29.7 Å². The van der Waals surface area contributed by atoms with Gasteiger partial charge in [-0.05, 0) is 50.1 Å². The molecule has 4 rings (SSSR count). The van der Waals surface area contributed by atoms with Crippen molar-refractivity contribution in [1.82, 2.24) is 8.87 Å². The minimum absolute atomic E-state index is 0.109. The third kappa shape index (κ3) is 5.39. The standard InChI is InChI=1S/C22H26ClN3O5S3/c1-3-31-12-11-26-17-7-6-16(30-2)13-18(17)32-22(26)24-21(27)15-5-4-10-25(14-15)34(28,29)20-9-8-19(23)33-20/h6-9,13,15H,3-5,10-12,14H2,1-2H3. The van der Waals surface area contributed by atoms with E-state index in [9.17, 15) is 13.2 Å². The Labute approximate surface area is 211 Å². The van der Waals surface area contributed by atoms with Gasteiger partial charge in [-0.15, -0.1) is 11.3 Å². The van der Waals surface area contributed by atoms with Crippen LogP contribution in [0.1, 0.15) is 19.8 Å². The van der Waals surface area contributed by atoms with Crippen LogP contribution in [0.3, 0.4) is 0 Å². The number of rotatable bonds is 8. The Morgan fingerprint density at radius 3 is 2.79 bits per heavy atom. The molecule has 0 radical (unpaired) electrons. The number of aromatic nitrogens is 1. The van der Waals surface area contributed by atoms with Crippen LogP contribution in [0.2, 0.25) is 4.34 Å². The molecule has 1 aliphatic rings. The van der Waals surface area contributed by atoms with Crippen LogP contribution < -0.4 is 9.54 Å². The Morgan fingerprint density at radius 2 is 2.09 bits per heavy atom. The molecular formula is C22H26ClN3O5S3. The maximum Gasteiger partial charge on any atom is 0.252 e. The molecule has 184 valence electrons. The molecule has 3 heterocycles. The lowest BCUT2D eigenvalue weighted by molar-refractivity contribution is -0.122. The number of carbonyl (C=O) groups excluding carboxylic acids is 1. The van der Waals surface area contributed by atoms with Crippen LogP contribution in [0.5, 0.6) is 5.75 Å². The van der Waals surface area contributed by atoms with Gasteiger partial charge in [0.25, 0.3) is 15.9 Å². The van der Waals surface area contributed by atoms with Gasteiger partial charge in [-0.2, -0.15) is 9.30 Å². The summed E-state index contributed by atoms with van der Waals surface area (Å²) in [5, 5.41) is 0. The number of amides is 1. The molecule has 1 fully saturated rings. The predicted octanol–water partition coefficient (Wildman–Crippen LogP) is 3.99. The fourth-order valence-corrected chi connectivity index (χ4v) is 8.14. The van der Waals surface area contributed by atoms with Crippen LogP contribution in [0, 0.1) is 5.92 Å². The molecule has 1 unspecified atom stereocenters. The number of nitrogens with zero attached hydrogens (tertiary/aromatic N) is 3. The summed E-state index contributed by atoms with van der Waals surface area (Å²) < 4.78 is 41.8. The fourth-order valence-electron chi connectivity index (χ4n) is 3.89. The Kier molecular flexibility index (Phi) is 8.11. The second-order valence-electron chi connectivity index (χ2n) is 7.78. The topological polar surface area (TPSA) is 90.2 Å². The number of methoxy groups -OCH3 is 1. The third-order valence-electron chi connectivity index (χ3n) is 5.64. The van der Waals surface area contributed by atoms with E-state index in [4.69, 9.17) is 21.1 Å². The van der Waals surface area contributed by atoms with Gasteiger partial charge >= 0.3 is 0 Å². The SMILES string of the molecule is CCOCCn1c(=NC(=O)C2CCCN(S(=O)(=O)c3ccc(Cl)s3)C2)sc2cc(OC)ccc21. The molecule has 8 nitrogen and oxygen atoms in total. The number of thiophene rings is 1. The predicted molar refractivity (Wildman–Crippen MR) is 134 cm³/mol. The van der Waals surface area contributed by atoms with E-state index in [1.165, 1.54) is 21.7 Å². The van der Waals surface area contributed by atoms with Crippen LogP contribution in [-0.4, -0.2) is 56.6 Å². The molecule has 0 N–H and O–H groups in total. The molecule has 1 aromatic carbocycles. The summed E-state index contributed by atoms with van der Waals surface area (Å²) in [6, 6.07) is 8.81. The molecule has 0 bridgehead atoms. The van der Waals surface area contributed by atoms with Gasteiger partial charge in [0.05, 0.1) is 34.2 Å². The van der Waals surface area contributed by atoms with E-state index < -0.39 is 15.9 Å². The highest BCUT2D eigenvalue weighted by Gasteiger charge is 2.34. The Balaban J connectivity index is 1.62. The van der Waals surface area contributed by atoms with Crippen molar-refractivity contribution in [1.29, 1.82) is 0 Å². The van der Waals surface area contributed by atoms with Gasteiger partial charge in [0.1, 0.15) is 9.96 Å². The van der Waals surface area contributed by atoms with Crippen LogP contribution in [0.4, 0.5) is 0 Å². The van der Waals surface area contributed by atoms with Gasteiger partial charge in [-0.3, -0.25) is 4.79 Å². The highest BCUT2D eigenvalue weighted by molar-refractivity contribution is 7.91. The first-order valence-electron chi connectivity index (χ1n) is 10.9. The lowest BCUT2D eigenvalue weighted by atomic mass is 9.99. The summed E-state index contributed by atoms with van der Waals surface area (Å²) in [4.78, 5) is 18.2. The van der Waals surface area contributed by atoms with Crippen molar-refractivity contribution in [2.24, 2.45) is 10.9 Å². The summed E-state index contributed by atoms with van der Waals surface area (Å²) in [6.45, 7) is 4.06. The third-order valence-corrected chi connectivity index (χ3v) is 10.2. The van der Waals surface area contributed by atoms with Gasteiger partial charge in [-0.25, -0.2) is 8.42 Å². The minimum atomic E-state index is -3.69. The monoisotopic (exact) mass is 543 g/mol. The van der Waals surface area contributed by atoms with Crippen molar-refractivity contribution in [3.63, 3.8) is 0 Å². The zero-order valence-electron chi connectivity index (χ0n) is 18.9. The van der Waals surface area contributed by atoms with Crippen molar-refractivity contribution >= 4 is 60.4 Å². The molecule has 0 saturated carbocycles. The van der Waals surface area contributed by atoms with Crippen LogP contribution in [0.15, 0.2) is 39.5 Å². The molecule has 1 saturated heterocycles. The van der Waals surface area contributed by atoms with Gasteiger partial charge in [0.2, 0.25) is 0 Å². The number of hydrogen-bond acceptors (Lipinski definition) is 7. The van der Waals surface area contributed by atoms with Gasteiger partial charge in [0.15, 0.2) is 4.80 Å². The molecule has 2 aromatic heterocycles. The molecule has 12 heteroatoms. The molecule has 1 amide bonds. The molecular weight excluding hydrogens is 518 g/mol. The first-order chi connectivity index (χ1) is 16.3. The highest BCUT2D eigenvalue weighted by atomic mass is 35.5. The van der Waals surface area contributed by atoms with Gasteiger partial charge in [-0.1, -0.05) is 22.9 Å². The van der Waals surface area contributed by atoms with Crippen molar-refractivity contribution in [3.8, 4) is 5.75 Å². The second kappa shape index (κ2) is 10.9. The molecule has 1 aliphatic heterocycles. The van der Waals surface area contributed by atoms with E-state index >= 15 is 0 Å². The average molecular weight is 544 g/mol. The summed E-state index contributed by atoms with van der Waals surface area (Å²) >= 11 is 8.36. The number of benzene rings is 1. The van der Waals surface area contributed by atoms with Crippen LogP contribution in [-0.2, 0) is 26.1 Å². The van der Waals surface area contributed by atoms with Crippen molar-refractivity contribution in [3.05, 3.63) is 39.5 Å². The Hall–Kier alpha value is -1.76. The summed E-state index contributed by atoms with van der Waals surface area (Å²) in [6.07, 6.45) is 1.19. The molecule has 1 atom stereocenters. The number of sulfonamides is 1. The maximum absolute atomic E-state index is 13.2. The number of fused-ring (bicyclic) bond motifs is 1. The van der Waals surface area contributed by atoms with E-state index in [0.29, 0.717) is 48.3 Å². The number of carbonyl (C=O) groups is 1. The summed E-state index contributed by atoms with van der Waals surface area (Å²) in [5.41, 5.74) is 0.944. The number of hydrogen-bond donors (Lipinski definition) is 0. The summed E-state index contributed by atoms with van der Waals surface area (Å²) in [5.74, 6) is -0.0859. The van der Waals surface area contributed by atoms with E-state index in [0.717, 1.165) is 27.3 Å². The first kappa shape index (κ1) is 25.3. The van der Waals surface area contributed by atoms with E-state index in [1.54, 1.807) is 13.2 Å². The zero-order valence-corrected chi connectivity index (χ0v) is 22.1. The molecule has 34 heavy (non-hydrogen) atoms. The quantitative estimate of drug-likeness (QED) is 0.401. The largest absolute Gasteiger partial charge is 0.497 e. The highest BCUT2D eigenvalue weighted by Crippen LogP contribution is 2.31. The fraction of sp³-hybridized carbons (Fsp3) is 0.455. The van der Waals surface area contributed by atoms with Crippen molar-refractivity contribution < 1.29 is 22.7 Å². The van der Waals surface area contributed by atoms with Gasteiger partial charge < -0.3 is 14.0 Å². The van der Waals surface area contributed by atoms with Crippen molar-refractivity contribution in [2.75, 3.05) is 33.4 Å². The van der Waals surface area contributed by atoms with Crippen LogP contribution >= 0.6 is 34.3 Å². The molecule has 0 spiro atoms. The normalized spacial score (nSPS) is 18.0. The van der Waals surface area contributed by atoms with E-state index in [-0.39, 0.29) is 16.7 Å². The first-order valence-corrected chi connectivity index (χ1v) is 14.4. The van der Waals surface area contributed by atoms with E-state index in [2.05, 4.69) is 4.99 Å². The maximum atomic E-state index is 13.2. The van der Waals surface area contributed by atoms with Crippen molar-refractivity contribution in [2.45, 2.75) is 30.5 Å². The number of ether oxygens (including phenoxy) is 2. The molecule has 0 aliphatic carbocycles. The van der Waals surface area contributed by atoms with Gasteiger partial charge in [0, 0.05) is 26.2 Å². The molecule has 3 aromatic rings. The lowest BCUT2D eigenvalue weighted by Gasteiger charge is -2.29.